The number of thiazole rings is 1. The van der Waals surface area contributed by atoms with E-state index in [1.165, 1.54) is 4.88 Å². The summed E-state index contributed by atoms with van der Waals surface area (Å²) in [7, 11) is 0. The lowest BCUT2D eigenvalue weighted by molar-refractivity contribution is -0.117. The molecular weight excluding hydrogens is 226 g/mol. The molecule has 3 heterocycles. The highest BCUT2D eigenvalue weighted by Crippen LogP contribution is 2.30. The fourth-order valence-electron chi connectivity index (χ4n) is 2.10. The van der Waals surface area contributed by atoms with E-state index in [1.807, 2.05) is 0 Å². The van der Waals surface area contributed by atoms with E-state index in [9.17, 15) is 9.90 Å². The smallest absolute Gasteiger partial charge is 0.231 e. The van der Waals surface area contributed by atoms with Crippen molar-refractivity contribution >= 4 is 22.4 Å². The number of aliphatic hydroxyl groups excluding tert-OH is 1. The zero-order valence-corrected chi connectivity index (χ0v) is 9.59. The van der Waals surface area contributed by atoms with E-state index < -0.39 is 6.10 Å². The Morgan fingerprint density at radius 2 is 2.44 bits per heavy atom. The number of aromatic nitrogens is 1. The Kier molecular flexibility index (Phi) is 2.42. The number of hydrogen-bond donors (Lipinski definition) is 2. The molecule has 1 fully saturated rings. The summed E-state index contributed by atoms with van der Waals surface area (Å²) in [6.07, 6.45) is 0.616. The highest BCUT2D eigenvalue weighted by Gasteiger charge is 2.31. The molecule has 86 valence electrons. The zero-order valence-electron chi connectivity index (χ0n) is 8.77. The Labute approximate surface area is 97.1 Å². The van der Waals surface area contributed by atoms with Gasteiger partial charge in [-0.05, 0) is 0 Å². The van der Waals surface area contributed by atoms with Crippen LogP contribution in [0.1, 0.15) is 17.0 Å². The molecule has 2 aliphatic heterocycles. The standard InChI is InChI=1S/C10H13N3O2S/c14-6-3-9(15)13(5-6)10-12-7-1-2-11-4-8(7)16-10/h6,11,14H,1-5H2. The minimum Gasteiger partial charge on any atom is -0.391 e. The molecule has 1 unspecified atom stereocenters. The summed E-state index contributed by atoms with van der Waals surface area (Å²) in [4.78, 5) is 18.9. The second kappa shape index (κ2) is 3.80. The van der Waals surface area contributed by atoms with Crippen molar-refractivity contribution in [2.75, 3.05) is 18.0 Å². The van der Waals surface area contributed by atoms with Crippen LogP contribution in [0.15, 0.2) is 0 Å². The maximum absolute atomic E-state index is 11.6. The third kappa shape index (κ3) is 1.63. The molecule has 6 heteroatoms. The second-order valence-electron chi connectivity index (χ2n) is 4.16. The molecule has 0 bridgehead atoms. The monoisotopic (exact) mass is 239 g/mol. The Bertz CT molecular complexity index is 408. The van der Waals surface area contributed by atoms with Crippen LogP contribution in [-0.2, 0) is 17.8 Å². The SMILES string of the molecule is O=C1CC(O)CN1c1nc2c(s1)CNCC2. The maximum atomic E-state index is 11.6. The first-order chi connectivity index (χ1) is 7.74. The Morgan fingerprint density at radius 3 is 3.12 bits per heavy atom. The predicted molar refractivity (Wildman–Crippen MR) is 60.5 cm³/mol. The molecule has 2 N–H and O–H groups in total. The van der Waals surface area contributed by atoms with E-state index in [4.69, 9.17) is 0 Å². The first kappa shape index (κ1) is 10.2. The van der Waals surface area contributed by atoms with E-state index in [2.05, 4.69) is 10.3 Å². The van der Waals surface area contributed by atoms with Crippen molar-refractivity contribution in [2.24, 2.45) is 0 Å². The maximum Gasteiger partial charge on any atom is 0.231 e. The summed E-state index contributed by atoms with van der Waals surface area (Å²) in [5.41, 5.74) is 1.10. The summed E-state index contributed by atoms with van der Waals surface area (Å²) in [5.74, 6) is -0.0217. The van der Waals surface area contributed by atoms with Gasteiger partial charge in [0.15, 0.2) is 5.13 Å². The summed E-state index contributed by atoms with van der Waals surface area (Å²) in [6.45, 7) is 2.18. The van der Waals surface area contributed by atoms with Gasteiger partial charge < -0.3 is 10.4 Å². The quantitative estimate of drug-likeness (QED) is 0.717. The van der Waals surface area contributed by atoms with Crippen LogP contribution in [0.25, 0.3) is 0 Å². The molecule has 2 aliphatic rings. The molecule has 1 saturated heterocycles. The first-order valence-electron chi connectivity index (χ1n) is 5.42. The lowest BCUT2D eigenvalue weighted by atomic mass is 10.2. The molecule has 1 amide bonds. The number of nitrogens with one attached hydrogen (secondary N) is 1. The third-order valence-electron chi connectivity index (χ3n) is 2.93. The lowest BCUT2D eigenvalue weighted by Gasteiger charge is -2.10. The van der Waals surface area contributed by atoms with Gasteiger partial charge in [-0.25, -0.2) is 4.98 Å². The molecule has 0 spiro atoms. The van der Waals surface area contributed by atoms with Crippen molar-refractivity contribution in [3.05, 3.63) is 10.6 Å². The molecule has 0 aromatic carbocycles. The average Bonchev–Trinajstić information content (AvgIpc) is 2.81. The topological polar surface area (TPSA) is 65.5 Å². The van der Waals surface area contributed by atoms with Crippen LogP contribution in [0.4, 0.5) is 5.13 Å². The summed E-state index contributed by atoms with van der Waals surface area (Å²) >= 11 is 1.56. The van der Waals surface area contributed by atoms with Crippen LogP contribution >= 0.6 is 11.3 Å². The lowest BCUT2D eigenvalue weighted by Crippen LogP contribution is -2.25. The van der Waals surface area contributed by atoms with Crippen molar-refractivity contribution < 1.29 is 9.90 Å². The van der Waals surface area contributed by atoms with Gasteiger partial charge in [-0.3, -0.25) is 9.69 Å². The van der Waals surface area contributed by atoms with Crippen LogP contribution in [0.3, 0.4) is 0 Å². The normalized spacial score (nSPS) is 24.9. The fraction of sp³-hybridized carbons (Fsp3) is 0.600. The van der Waals surface area contributed by atoms with Gasteiger partial charge in [0.25, 0.3) is 0 Å². The van der Waals surface area contributed by atoms with Crippen LogP contribution in [0, 0.1) is 0 Å². The number of aliphatic hydroxyl groups is 1. The van der Waals surface area contributed by atoms with Gasteiger partial charge in [-0.2, -0.15) is 0 Å². The molecule has 0 aliphatic carbocycles. The number of anilines is 1. The number of carbonyl (C=O) groups excluding carboxylic acids is 1. The molecule has 1 atom stereocenters. The molecule has 1 aromatic rings. The van der Waals surface area contributed by atoms with E-state index in [0.717, 1.165) is 30.3 Å². The van der Waals surface area contributed by atoms with Gasteiger partial charge >= 0.3 is 0 Å². The molecule has 0 saturated carbocycles. The van der Waals surface area contributed by atoms with Crippen LogP contribution in [0.5, 0.6) is 0 Å². The molecule has 5 nitrogen and oxygen atoms in total. The van der Waals surface area contributed by atoms with Crippen LogP contribution in [-0.4, -0.2) is 35.2 Å². The molecule has 16 heavy (non-hydrogen) atoms. The van der Waals surface area contributed by atoms with Crippen molar-refractivity contribution in [1.82, 2.24) is 10.3 Å². The van der Waals surface area contributed by atoms with Gasteiger partial charge in [0.1, 0.15) is 0 Å². The number of carbonyl (C=O) groups is 1. The largest absolute Gasteiger partial charge is 0.391 e. The van der Waals surface area contributed by atoms with E-state index in [-0.39, 0.29) is 12.3 Å². The Balaban J connectivity index is 1.89. The number of hydrogen-bond acceptors (Lipinski definition) is 5. The molecule has 3 rings (SSSR count). The minimum atomic E-state index is -0.536. The summed E-state index contributed by atoms with van der Waals surface area (Å²) < 4.78 is 0. The average molecular weight is 239 g/mol. The number of rotatable bonds is 1. The van der Waals surface area contributed by atoms with Crippen LogP contribution < -0.4 is 10.2 Å². The van der Waals surface area contributed by atoms with E-state index >= 15 is 0 Å². The van der Waals surface area contributed by atoms with Gasteiger partial charge in [0.2, 0.25) is 5.91 Å². The third-order valence-corrected chi connectivity index (χ3v) is 4.05. The highest BCUT2D eigenvalue weighted by molar-refractivity contribution is 7.16. The van der Waals surface area contributed by atoms with E-state index in [1.54, 1.807) is 16.2 Å². The van der Waals surface area contributed by atoms with Crippen molar-refractivity contribution in [3.63, 3.8) is 0 Å². The van der Waals surface area contributed by atoms with E-state index in [0.29, 0.717) is 6.54 Å². The number of amides is 1. The minimum absolute atomic E-state index is 0.0217. The Hall–Kier alpha value is -0.980. The van der Waals surface area contributed by atoms with Crippen molar-refractivity contribution in [2.45, 2.75) is 25.5 Å². The number of nitrogens with zero attached hydrogens (tertiary/aromatic N) is 2. The number of fused-ring (bicyclic) bond motifs is 1. The zero-order chi connectivity index (χ0) is 11.1. The van der Waals surface area contributed by atoms with Crippen molar-refractivity contribution in [1.29, 1.82) is 0 Å². The molecule has 0 radical (unpaired) electrons. The highest BCUT2D eigenvalue weighted by atomic mass is 32.1. The van der Waals surface area contributed by atoms with Gasteiger partial charge in [-0.1, -0.05) is 11.3 Å². The molecule has 1 aromatic heterocycles. The second-order valence-corrected chi connectivity index (χ2v) is 5.22. The van der Waals surface area contributed by atoms with Gasteiger partial charge in [0.05, 0.1) is 24.8 Å². The predicted octanol–water partition coefficient (Wildman–Crippen LogP) is -0.114. The first-order valence-corrected chi connectivity index (χ1v) is 6.23. The van der Waals surface area contributed by atoms with Gasteiger partial charge in [-0.15, -0.1) is 0 Å². The van der Waals surface area contributed by atoms with Crippen LogP contribution in [0.2, 0.25) is 0 Å². The van der Waals surface area contributed by atoms with Gasteiger partial charge in [0, 0.05) is 24.4 Å². The Morgan fingerprint density at radius 1 is 1.56 bits per heavy atom. The fourth-order valence-corrected chi connectivity index (χ4v) is 3.20. The molecular formula is C10H13N3O2S. The summed E-state index contributed by atoms with van der Waals surface area (Å²) in [5, 5.41) is 13.5. The summed E-state index contributed by atoms with van der Waals surface area (Å²) in [6, 6.07) is 0. The van der Waals surface area contributed by atoms with Crippen molar-refractivity contribution in [3.8, 4) is 0 Å². The number of β-amino-alcohol motifs (C(OH)–C–C–N with tert-alkyl or cyclic N) is 1.